The molecule has 0 aliphatic rings. The van der Waals surface area contributed by atoms with Gasteiger partial charge in [-0.2, -0.15) is 0 Å². The minimum absolute atomic E-state index is 0.114. The van der Waals surface area contributed by atoms with Crippen LogP contribution >= 0.6 is 0 Å². The van der Waals surface area contributed by atoms with Crippen LogP contribution in [0.3, 0.4) is 0 Å². The number of fused-ring (bicyclic) bond motifs is 1. The lowest BCUT2D eigenvalue weighted by atomic mass is 10.1. The molecule has 1 heterocycles. The molecule has 0 atom stereocenters. The van der Waals surface area contributed by atoms with Crippen molar-refractivity contribution in [3.8, 4) is 0 Å². The second kappa shape index (κ2) is 10.7. The summed E-state index contributed by atoms with van der Waals surface area (Å²) >= 11 is 0. The molecule has 1 aromatic carbocycles. The summed E-state index contributed by atoms with van der Waals surface area (Å²) in [6, 6.07) is 9.56. The highest BCUT2D eigenvalue weighted by molar-refractivity contribution is 5.89. The van der Waals surface area contributed by atoms with Gasteiger partial charge in [0.2, 0.25) is 0 Å². The van der Waals surface area contributed by atoms with Gasteiger partial charge in [-0.25, -0.2) is 0 Å². The van der Waals surface area contributed by atoms with Crippen molar-refractivity contribution >= 4 is 16.7 Å². The van der Waals surface area contributed by atoms with Crippen LogP contribution in [-0.2, 0) is 18.3 Å². The highest BCUT2D eigenvalue weighted by atomic mass is 16.1. The molecule has 0 saturated carbocycles. The smallest absolute Gasteiger partial charge is 0.189 e. The van der Waals surface area contributed by atoms with Gasteiger partial charge in [-0.3, -0.25) is 9.59 Å². The maximum atomic E-state index is 12.2. The summed E-state index contributed by atoms with van der Waals surface area (Å²) in [6.07, 6.45) is 12.8. The quantitative estimate of drug-likeness (QED) is 0.404. The zero-order valence-electron chi connectivity index (χ0n) is 16.2. The third-order valence-electron chi connectivity index (χ3n) is 4.87. The fourth-order valence-corrected chi connectivity index (χ4v) is 3.30. The predicted molar refractivity (Wildman–Crippen MR) is 110 cm³/mol. The first-order valence-electron chi connectivity index (χ1n) is 9.90. The first kappa shape index (κ1) is 20.2. The summed E-state index contributed by atoms with van der Waals surface area (Å²) in [6.45, 7) is 2.12. The van der Waals surface area contributed by atoms with Gasteiger partial charge in [-0.15, -0.1) is 0 Å². The summed E-state index contributed by atoms with van der Waals surface area (Å²) < 4.78 is 2.14. The molecule has 2 aromatic rings. The Morgan fingerprint density at radius 2 is 1.81 bits per heavy atom. The number of carbonyl (C=O) groups excluding carboxylic acids is 1. The third kappa shape index (κ3) is 5.98. The standard InChI is InChI=1S/C23H31NO2/c1-3-4-8-14-20(25)15-10-7-5-6-9-13-19-18-23(26)21-16-11-12-17-22(21)24(19)2/h8,11-12,14,16-18H,3-7,9-10,13,15H2,1-2H3. The van der Waals surface area contributed by atoms with Crippen LogP contribution in [0.4, 0.5) is 0 Å². The normalized spacial score (nSPS) is 11.5. The van der Waals surface area contributed by atoms with E-state index in [1.807, 2.05) is 37.4 Å². The van der Waals surface area contributed by atoms with E-state index in [1.165, 1.54) is 0 Å². The van der Waals surface area contributed by atoms with Crippen molar-refractivity contribution in [3.63, 3.8) is 0 Å². The van der Waals surface area contributed by atoms with E-state index >= 15 is 0 Å². The van der Waals surface area contributed by atoms with E-state index in [-0.39, 0.29) is 11.2 Å². The van der Waals surface area contributed by atoms with Gasteiger partial charge in [0, 0.05) is 30.6 Å². The SMILES string of the molecule is CCCC=CC(=O)CCCCCCCc1cc(=O)c2ccccc2n1C. The highest BCUT2D eigenvalue weighted by Crippen LogP contribution is 2.14. The molecule has 0 aliphatic carbocycles. The molecule has 3 nitrogen and oxygen atoms in total. The Hall–Kier alpha value is -2.16. The summed E-state index contributed by atoms with van der Waals surface area (Å²) in [5, 5.41) is 0.788. The Kier molecular flexibility index (Phi) is 8.33. The average molecular weight is 354 g/mol. The summed E-state index contributed by atoms with van der Waals surface area (Å²) in [5.41, 5.74) is 2.22. The van der Waals surface area contributed by atoms with E-state index in [2.05, 4.69) is 11.5 Å². The first-order chi connectivity index (χ1) is 12.6. The number of hydrogen-bond acceptors (Lipinski definition) is 2. The van der Waals surface area contributed by atoms with Crippen LogP contribution < -0.4 is 5.43 Å². The van der Waals surface area contributed by atoms with Gasteiger partial charge in [-0.05, 0) is 43.9 Å². The van der Waals surface area contributed by atoms with Gasteiger partial charge in [0.25, 0.3) is 0 Å². The molecule has 3 heteroatoms. The molecule has 0 fully saturated rings. The average Bonchev–Trinajstić information content (AvgIpc) is 2.65. The second-order valence-electron chi connectivity index (χ2n) is 7.00. The summed E-state index contributed by atoms with van der Waals surface area (Å²) in [5.74, 6) is 0.254. The van der Waals surface area contributed by atoms with E-state index < -0.39 is 0 Å². The molecule has 2 rings (SSSR count). The Balaban J connectivity index is 1.71. The van der Waals surface area contributed by atoms with E-state index in [4.69, 9.17) is 0 Å². The Bertz CT molecular complexity index is 801. The van der Waals surface area contributed by atoms with Crippen molar-refractivity contribution in [2.24, 2.45) is 7.05 Å². The number of aromatic nitrogens is 1. The van der Waals surface area contributed by atoms with Gasteiger partial charge in [0.15, 0.2) is 11.2 Å². The van der Waals surface area contributed by atoms with Crippen molar-refractivity contribution in [1.29, 1.82) is 0 Å². The number of unbranched alkanes of at least 4 members (excludes halogenated alkanes) is 5. The molecular formula is C23H31NO2. The zero-order valence-corrected chi connectivity index (χ0v) is 16.2. The number of carbonyl (C=O) groups is 1. The van der Waals surface area contributed by atoms with Crippen molar-refractivity contribution in [2.45, 2.75) is 64.7 Å². The van der Waals surface area contributed by atoms with E-state index in [1.54, 1.807) is 12.1 Å². The van der Waals surface area contributed by atoms with Gasteiger partial charge in [0.05, 0.1) is 5.52 Å². The van der Waals surface area contributed by atoms with Crippen LogP contribution in [0.15, 0.2) is 47.3 Å². The number of rotatable bonds is 11. The number of benzene rings is 1. The molecule has 0 N–H and O–H groups in total. The van der Waals surface area contributed by atoms with Crippen molar-refractivity contribution in [3.05, 3.63) is 58.4 Å². The molecule has 0 radical (unpaired) electrons. The van der Waals surface area contributed by atoms with Gasteiger partial charge < -0.3 is 4.57 Å². The molecule has 0 bridgehead atoms. The molecule has 0 unspecified atom stereocenters. The third-order valence-corrected chi connectivity index (χ3v) is 4.87. The van der Waals surface area contributed by atoms with Gasteiger partial charge in [0.1, 0.15) is 0 Å². The Morgan fingerprint density at radius 1 is 1.08 bits per heavy atom. The van der Waals surface area contributed by atoms with Crippen molar-refractivity contribution < 1.29 is 4.79 Å². The maximum absolute atomic E-state index is 12.2. The van der Waals surface area contributed by atoms with Crippen LogP contribution in [0.1, 0.15) is 64.0 Å². The predicted octanol–water partition coefficient (Wildman–Crippen LogP) is 5.35. The Labute approximate surface area is 156 Å². The van der Waals surface area contributed by atoms with Gasteiger partial charge in [-0.1, -0.05) is 50.8 Å². The minimum Gasteiger partial charge on any atom is -0.347 e. The number of hydrogen-bond donors (Lipinski definition) is 0. The molecule has 26 heavy (non-hydrogen) atoms. The molecule has 1 aromatic heterocycles. The first-order valence-corrected chi connectivity index (χ1v) is 9.90. The largest absolute Gasteiger partial charge is 0.347 e. The summed E-state index contributed by atoms with van der Waals surface area (Å²) in [7, 11) is 2.04. The summed E-state index contributed by atoms with van der Waals surface area (Å²) in [4.78, 5) is 23.9. The zero-order chi connectivity index (χ0) is 18.8. The van der Waals surface area contributed by atoms with Crippen LogP contribution in [0.5, 0.6) is 0 Å². The van der Waals surface area contributed by atoms with E-state index in [0.717, 1.165) is 68.0 Å². The molecular weight excluding hydrogens is 322 g/mol. The number of nitrogens with zero attached hydrogens (tertiary/aromatic N) is 1. The van der Waals surface area contributed by atoms with E-state index in [9.17, 15) is 9.59 Å². The number of para-hydroxylation sites is 1. The van der Waals surface area contributed by atoms with Crippen molar-refractivity contribution in [2.75, 3.05) is 0 Å². The fourth-order valence-electron chi connectivity index (χ4n) is 3.30. The van der Waals surface area contributed by atoms with Crippen molar-refractivity contribution in [1.82, 2.24) is 4.57 Å². The molecule has 0 amide bonds. The second-order valence-corrected chi connectivity index (χ2v) is 7.00. The topological polar surface area (TPSA) is 39.1 Å². The van der Waals surface area contributed by atoms with Crippen LogP contribution in [0.2, 0.25) is 0 Å². The minimum atomic E-state index is 0.114. The molecule has 140 valence electrons. The lowest BCUT2D eigenvalue weighted by Gasteiger charge is -2.12. The fraction of sp³-hybridized carbons (Fsp3) is 0.478. The molecule has 0 saturated heterocycles. The Morgan fingerprint density at radius 3 is 2.62 bits per heavy atom. The monoisotopic (exact) mass is 353 g/mol. The van der Waals surface area contributed by atoms with Gasteiger partial charge >= 0.3 is 0 Å². The molecule has 0 spiro atoms. The lowest BCUT2D eigenvalue weighted by Crippen LogP contribution is -2.11. The lowest BCUT2D eigenvalue weighted by molar-refractivity contribution is -0.114. The number of ketones is 1. The van der Waals surface area contributed by atoms with E-state index in [0.29, 0.717) is 6.42 Å². The van der Waals surface area contributed by atoms with Crippen LogP contribution in [0, 0.1) is 0 Å². The van der Waals surface area contributed by atoms with Crippen LogP contribution in [-0.4, -0.2) is 10.4 Å². The number of allylic oxidation sites excluding steroid dienone is 2. The highest BCUT2D eigenvalue weighted by Gasteiger charge is 2.05. The number of aryl methyl sites for hydroxylation is 2. The molecule has 0 aliphatic heterocycles. The maximum Gasteiger partial charge on any atom is 0.189 e. The number of pyridine rings is 1. The van der Waals surface area contributed by atoms with Crippen LogP contribution in [0.25, 0.3) is 10.9 Å².